The van der Waals surface area contributed by atoms with Crippen molar-refractivity contribution in [2.24, 2.45) is 5.92 Å². The van der Waals surface area contributed by atoms with Crippen LogP contribution < -0.4 is 9.46 Å². The molecule has 0 aliphatic rings. The molecule has 0 bridgehead atoms. The van der Waals surface area contributed by atoms with Crippen molar-refractivity contribution in [2.75, 3.05) is 18.1 Å². The summed E-state index contributed by atoms with van der Waals surface area (Å²) in [5.41, 5.74) is 3.73. The lowest BCUT2D eigenvalue weighted by molar-refractivity contribution is -0.120. The van der Waals surface area contributed by atoms with Crippen molar-refractivity contribution in [1.82, 2.24) is 4.98 Å². The van der Waals surface area contributed by atoms with Crippen LogP contribution in [0.4, 0.5) is 5.69 Å². The van der Waals surface area contributed by atoms with Crippen LogP contribution in [0, 0.1) is 5.92 Å². The molecule has 3 rings (SSSR count). The first-order chi connectivity index (χ1) is 16.7. The molecule has 1 N–H and O–H groups in total. The maximum atomic E-state index is 12.9. The highest BCUT2D eigenvalue weighted by Gasteiger charge is 2.25. The molecule has 35 heavy (non-hydrogen) atoms. The number of rotatable bonds is 13. The Morgan fingerprint density at radius 2 is 1.86 bits per heavy atom. The number of aromatic nitrogens is 1. The fourth-order valence-electron chi connectivity index (χ4n) is 4.15. The summed E-state index contributed by atoms with van der Waals surface area (Å²) < 4.78 is 30.9. The largest absolute Gasteiger partial charge is 0.496 e. The summed E-state index contributed by atoms with van der Waals surface area (Å²) in [6.07, 6.45) is 4.36. The second-order valence-electron chi connectivity index (χ2n) is 8.94. The van der Waals surface area contributed by atoms with Crippen molar-refractivity contribution >= 4 is 32.8 Å². The first-order valence-corrected chi connectivity index (χ1v) is 14.6. The molecule has 6 nitrogen and oxygen atoms in total. The molecular weight excluding hydrogens is 480 g/mol. The van der Waals surface area contributed by atoms with Gasteiger partial charge < -0.3 is 4.74 Å². The van der Waals surface area contributed by atoms with Gasteiger partial charge in [-0.05, 0) is 54.5 Å². The molecule has 0 saturated carbocycles. The minimum atomic E-state index is -3.32. The van der Waals surface area contributed by atoms with Gasteiger partial charge in [-0.15, -0.1) is 11.3 Å². The summed E-state index contributed by atoms with van der Waals surface area (Å²) in [5.74, 6) is 1.26. The van der Waals surface area contributed by atoms with Crippen molar-refractivity contribution in [2.45, 2.75) is 51.9 Å². The number of para-hydroxylation sites is 1. The number of carbonyl (C=O) groups is 1. The minimum Gasteiger partial charge on any atom is -0.496 e. The van der Waals surface area contributed by atoms with E-state index in [2.05, 4.69) is 23.9 Å². The number of methoxy groups -OCH3 is 1. The summed E-state index contributed by atoms with van der Waals surface area (Å²) in [6.45, 7) is 4.21. The highest BCUT2D eigenvalue weighted by Crippen LogP contribution is 2.34. The van der Waals surface area contributed by atoms with Crippen LogP contribution in [-0.2, 0) is 34.1 Å². The van der Waals surface area contributed by atoms with Crippen LogP contribution in [0.15, 0.2) is 53.9 Å². The molecule has 0 amide bonds. The predicted octanol–water partition coefficient (Wildman–Crippen LogP) is 5.64. The van der Waals surface area contributed by atoms with Gasteiger partial charge in [-0.3, -0.25) is 9.52 Å². The van der Waals surface area contributed by atoms with Crippen LogP contribution in [0.1, 0.15) is 54.4 Å². The first kappa shape index (κ1) is 26.9. The maximum absolute atomic E-state index is 12.9. The van der Waals surface area contributed by atoms with Gasteiger partial charge in [0.1, 0.15) is 11.5 Å². The van der Waals surface area contributed by atoms with E-state index in [1.807, 2.05) is 36.4 Å². The number of nitrogens with one attached hydrogen (secondary N) is 1. The van der Waals surface area contributed by atoms with Gasteiger partial charge in [0, 0.05) is 29.8 Å². The summed E-state index contributed by atoms with van der Waals surface area (Å²) >= 11 is 1.65. The molecule has 0 radical (unpaired) electrons. The number of nitrogens with zero attached hydrogens (tertiary/aromatic N) is 1. The molecule has 2 aromatic carbocycles. The zero-order valence-corrected chi connectivity index (χ0v) is 22.4. The second kappa shape index (κ2) is 12.3. The molecule has 0 aliphatic heterocycles. The van der Waals surface area contributed by atoms with Gasteiger partial charge in [0.15, 0.2) is 0 Å². The van der Waals surface area contributed by atoms with E-state index in [9.17, 15) is 13.2 Å². The van der Waals surface area contributed by atoms with Crippen molar-refractivity contribution in [3.05, 3.63) is 75.7 Å². The maximum Gasteiger partial charge on any atom is 0.229 e. The van der Waals surface area contributed by atoms with Gasteiger partial charge in [0.2, 0.25) is 10.0 Å². The van der Waals surface area contributed by atoms with Crippen LogP contribution in [0.2, 0.25) is 0 Å². The van der Waals surface area contributed by atoms with E-state index < -0.39 is 10.0 Å². The Morgan fingerprint density at radius 3 is 2.49 bits per heavy atom. The smallest absolute Gasteiger partial charge is 0.229 e. The third kappa shape index (κ3) is 8.18. The third-order valence-corrected chi connectivity index (χ3v) is 7.70. The number of carbonyl (C=O) groups excluding carboxylic acids is 1. The van der Waals surface area contributed by atoms with Gasteiger partial charge in [0.05, 0.1) is 24.1 Å². The van der Waals surface area contributed by atoms with E-state index in [4.69, 9.17) is 9.72 Å². The van der Waals surface area contributed by atoms with Crippen molar-refractivity contribution in [3.63, 3.8) is 0 Å². The molecule has 188 valence electrons. The van der Waals surface area contributed by atoms with E-state index in [1.165, 1.54) is 0 Å². The topological polar surface area (TPSA) is 85.4 Å². The number of benzene rings is 2. The van der Waals surface area contributed by atoms with Crippen molar-refractivity contribution in [3.8, 4) is 5.75 Å². The van der Waals surface area contributed by atoms with E-state index in [0.717, 1.165) is 46.7 Å². The van der Waals surface area contributed by atoms with Crippen LogP contribution in [0.3, 0.4) is 0 Å². The molecule has 8 heteroatoms. The van der Waals surface area contributed by atoms with Crippen molar-refractivity contribution < 1.29 is 17.9 Å². The molecule has 2 atom stereocenters. The number of aryl methyl sites for hydroxylation is 2. The number of sulfonamides is 1. The Morgan fingerprint density at radius 1 is 1.14 bits per heavy atom. The first-order valence-electron chi connectivity index (χ1n) is 11.8. The average Bonchev–Trinajstić information content (AvgIpc) is 3.30. The van der Waals surface area contributed by atoms with Gasteiger partial charge in [0.25, 0.3) is 0 Å². The molecule has 2 unspecified atom stereocenters. The Bertz CT molecular complexity index is 1220. The van der Waals surface area contributed by atoms with E-state index in [0.29, 0.717) is 24.9 Å². The van der Waals surface area contributed by atoms with E-state index >= 15 is 0 Å². The van der Waals surface area contributed by atoms with Crippen LogP contribution in [0.5, 0.6) is 5.75 Å². The summed E-state index contributed by atoms with van der Waals surface area (Å²) in [7, 11) is -1.67. The van der Waals surface area contributed by atoms with E-state index in [-0.39, 0.29) is 17.6 Å². The standard InChI is InChI=1S/C27H34N2O4S2/c1-5-22-18-34-27(28-22)25(17-20-10-13-23(14-11-20)29-35(4,31)32)19(2)16-24(30)15-12-21-8-6-7-9-26(21)33-3/h6-11,13-14,18-19,25,29H,5,12,15-17H2,1-4H3. The summed E-state index contributed by atoms with van der Waals surface area (Å²) in [4.78, 5) is 17.8. The Balaban J connectivity index is 1.70. The van der Waals surface area contributed by atoms with Gasteiger partial charge in [-0.1, -0.05) is 44.2 Å². The monoisotopic (exact) mass is 514 g/mol. The summed E-state index contributed by atoms with van der Waals surface area (Å²) in [6, 6.07) is 15.2. The number of hydrogen-bond donors (Lipinski definition) is 1. The number of ketones is 1. The average molecular weight is 515 g/mol. The normalized spacial score (nSPS) is 13.3. The molecule has 0 aliphatic carbocycles. The lowest BCUT2D eigenvalue weighted by atomic mass is 9.84. The summed E-state index contributed by atoms with van der Waals surface area (Å²) in [5, 5.41) is 3.14. The molecule has 1 heterocycles. The van der Waals surface area contributed by atoms with Gasteiger partial charge in [-0.2, -0.15) is 0 Å². The quantitative estimate of drug-likeness (QED) is 0.319. The second-order valence-corrected chi connectivity index (χ2v) is 11.6. The zero-order valence-electron chi connectivity index (χ0n) is 20.8. The Labute approximate surface area is 212 Å². The zero-order chi connectivity index (χ0) is 25.4. The number of ether oxygens (including phenoxy) is 1. The van der Waals surface area contributed by atoms with Crippen LogP contribution >= 0.6 is 11.3 Å². The van der Waals surface area contributed by atoms with Crippen LogP contribution in [0.25, 0.3) is 0 Å². The molecular formula is C27H34N2O4S2. The third-order valence-electron chi connectivity index (χ3n) is 6.06. The fraction of sp³-hybridized carbons (Fsp3) is 0.407. The highest BCUT2D eigenvalue weighted by molar-refractivity contribution is 7.92. The highest BCUT2D eigenvalue weighted by atomic mass is 32.2. The molecule has 0 saturated heterocycles. The lowest BCUT2D eigenvalue weighted by Crippen LogP contribution is -2.17. The minimum absolute atomic E-state index is 0.101. The number of thiazole rings is 1. The van der Waals surface area contributed by atoms with Gasteiger partial charge in [-0.25, -0.2) is 13.4 Å². The lowest BCUT2D eigenvalue weighted by Gasteiger charge is -2.22. The Kier molecular flexibility index (Phi) is 9.46. The predicted molar refractivity (Wildman–Crippen MR) is 143 cm³/mol. The molecule has 0 fully saturated rings. The van der Waals surface area contributed by atoms with Gasteiger partial charge >= 0.3 is 0 Å². The SMILES string of the molecule is CCc1csc(C(Cc2ccc(NS(C)(=O)=O)cc2)C(C)CC(=O)CCc2ccccc2OC)n1. The molecule has 3 aromatic rings. The molecule has 0 spiro atoms. The number of hydrogen-bond acceptors (Lipinski definition) is 6. The number of Topliss-reactive ketones (excluding diaryl/α,β-unsaturated/α-hetero) is 1. The number of anilines is 1. The molecule has 1 aromatic heterocycles. The van der Waals surface area contributed by atoms with Crippen LogP contribution in [-0.4, -0.2) is 32.6 Å². The van der Waals surface area contributed by atoms with E-state index in [1.54, 1.807) is 30.6 Å². The van der Waals surface area contributed by atoms with Crippen molar-refractivity contribution in [1.29, 1.82) is 0 Å². The fourth-order valence-corrected chi connectivity index (χ4v) is 5.85. The Hall–Kier alpha value is -2.71.